The molecular weight excluding hydrogens is 346 g/mol. The van der Waals surface area contributed by atoms with Crippen molar-refractivity contribution < 1.29 is 9.35 Å². The zero-order valence-corrected chi connectivity index (χ0v) is 14.8. The summed E-state index contributed by atoms with van der Waals surface area (Å²) in [5.74, 6) is 0.565. The number of carbonyl (C=O) groups is 1. The molecule has 0 saturated carbocycles. The van der Waals surface area contributed by atoms with Gasteiger partial charge in [-0.05, 0) is 48.2 Å². The average molecular weight is 364 g/mol. The summed E-state index contributed by atoms with van der Waals surface area (Å²) in [6.45, 7) is 2.36. The van der Waals surface area contributed by atoms with E-state index in [1.54, 1.807) is 12.4 Å². The molecule has 0 bridgehead atoms. The quantitative estimate of drug-likeness (QED) is 0.800. The number of aromatic nitrogens is 1. The average Bonchev–Trinajstić information content (AvgIpc) is 2.60. The number of pyridine rings is 1. The highest BCUT2D eigenvalue weighted by Crippen LogP contribution is 2.35. The Balaban J connectivity index is 1.87. The van der Waals surface area contributed by atoms with Crippen LogP contribution in [-0.2, 0) is 29.1 Å². The van der Waals surface area contributed by atoms with Crippen molar-refractivity contribution in [1.29, 1.82) is 0 Å². The van der Waals surface area contributed by atoms with Gasteiger partial charge in [0.05, 0.1) is 17.3 Å². The third-order valence-corrected chi connectivity index (χ3v) is 5.17. The van der Waals surface area contributed by atoms with E-state index >= 15 is 0 Å². The van der Waals surface area contributed by atoms with Crippen LogP contribution in [0.5, 0.6) is 0 Å². The Morgan fingerprint density at radius 3 is 2.92 bits per heavy atom. The molecule has 1 atom stereocenters. The molecule has 1 aliphatic heterocycles. The molecule has 0 spiro atoms. The molecule has 1 aromatic heterocycles. The number of fused-ring (bicyclic) bond motifs is 1. The van der Waals surface area contributed by atoms with Gasteiger partial charge in [-0.2, -0.15) is 0 Å². The lowest BCUT2D eigenvalue weighted by Crippen LogP contribution is -2.24. The maximum absolute atomic E-state index is 11.5. The molecule has 2 aromatic rings. The van der Waals surface area contributed by atoms with Gasteiger partial charge in [-0.3, -0.25) is 9.78 Å². The highest BCUT2D eigenvalue weighted by atomic mass is 35.5. The number of benzene rings is 1. The molecule has 0 radical (unpaired) electrons. The van der Waals surface area contributed by atoms with Crippen LogP contribution < -0.4 is 10.0 Å². The Bertz CT molecular complexity index is 769. The first-order valence-electron chi connectivity index (χ1n) is 7.75. The summed E-state index contributed by atoms with van der Waals surface area (Å²) in [6.07, 6.45) is 4.68. The van der Waals surface area contributed by atoms with Gasteiger partial charge in [-0.1, -0.05) is 11.6 Å². The number of amides is 1. The standard InChI is InChI=1S/C17H18ClN3O2S/c1-2-24(23)20-9-11-5-14(10-19-8-11)13-6-12-3-4-16(22)21-17(12)15(18)7-13/h5-8,10,20H,2-4,9H2,1H3,(H,21,22). The topological polar surface area (TPSA) is 77.1 Å². The van der Waals surface area contributed by atoms with Gasteiger partial charge in [0.1, 0.15) is 5.75 Å². The number of carbonyl (C=O) groups excluding carboxylic acids is 1. The number of anilines is 1. The summed E-state index contributed by atoms with van der Waals surface area (Å²) in [5, 5.41) is 3.36. The van der Waals surface area contributed by atoms with E-state index in [1.165, 1.54) is 0 Å². The van der Waals surface area contributed by atoms with Crippen LogP contribution in [0.1, 0.15) is 24.5 Å². The van der Waals surface area contributed by atoms with Crippen molar-refractivity contribution >= 4 is 34.6 Å². The summed E-state index contributed by atoms with van der Waals surface area (Å²) < 4.78 is 14.5. The third-order valence-electron chi connectivity index (χ3n) is 3.89. The van der Waals surface area contributed by atoms with E-state index in [0.717, 1.165) is 22.3 Å². The maximum Gasteiger partial charge on any atom is 0.224 e. The molecule has 2 N–H and O–H groups in total. The number of nitrogens with one attached hydrogen (secondary N) is 2. The lowest BCUT2D eigenvalue weighted by molar-refractivity contribution is -0.116. The van der Waals surface area contributed by atoms with E-state index in [1.807, 2.05) is 25.1 Å². The second-order valence-electron chi connectivity index (χ2n) is 5.58. The van der Waals surface area contributed by atoms with Gasteiger partial charge in [0.25, 0.3) is 0 Å². The normalized spacial score (nSPS) is 14.9. The predicted octanol–water partition coefficient (Wildman–Crippen LogP) is 3.06. The highest BCUT2D eigenvalue weighted by molar-refractivity contribution is 7.89. The molecule has 7 heteroatoms. The fourth-order valence-corrected chi connectivity index (χ4v) is 3.44. The fraction of sp³-hybridized carbons (Fsp3) is 0.294. The first-order valence-corrected chi connectivity index (χ1v) is 9.45. The van der Waals surface area contributed by atoms with E-state index in [9.17, 15) is 9.35 Å². The van der Waals surface area contributed by atoms with Crippen molar-refractivity contribution in [3.05, 3.63) is 46.7 Å². The van der Waals surface area contributed by atoms with Crippen molar-refractivity contribution in [2.24, 2.45) is 0 Å². The van der Waals surface area contributed by atoms with Crippen LogP contribution in [0.2, 0.25) is 5.02 Å². The highest BCUT2D eigenvalue weighted by Gasteiger charge is 2.19. The van der Waals surface area contributed by atoms with E-state index < -0.39 is 11.4 Å². The van der Waals surface area contributed by atoms with Gasteiger partial charge < -0.3 is 9.87 Å². The molecular formula is C17H18ClN3O2S. The lowest BCUT2D eigenvalue weighted by atomic mass is 9.97. The molecule has 1 aromatic carbocycles. The Hall–Kier alpha value is -1.60. The van der Waals surface area contributed by atoms with Gasteiger partial charge in [0.15, 0.2) is 0 Å². The lowest BCUT2D eigenvalue weighted by Gasteiger charge is -2.19. The van der Waals surface area contributed by atoms with Crippen LogP contribution in [0.3, 0.4) is 0 Å². The number of halogens is 1. The fourth-order valence-electron chi connectivity index (χ4n) is 2.63. The minimum atomic E-state index is -1.03. The number of hydrogen-bond acceptors (Lipinski definition) is 4. The molecule has 0 saturated heterocycles. The second kappa shape index (κ2) is 7.53. The molecule has 0 aliphatic carbocycles. The summed E-state index contributed by atoms with van der Waals surface area (Å²) in [6, 6.07) is 5.88. The van der Waals surface area contributed by atoms with Crippen molar-refractivity contribution in [2.45, 2.75) is 26.3 Å². The third kappa shape index (κ3) is 3.89. The van der Waals surface area contributed by atoms with E-state index in [-0.39, 0.29) is 5.91 Å². The summed E-state index contributed by atoms with van der Waals surface area (Å²) in [4.78, 5) is 15.8. The van der Waals surface area contributed by atoms with Gasteiger partial charge in [0.2, 0.25) is 5.91 Å². The molecule has 0 fully saturated rings. The first kappa shape index (κ1) is 17.2. The van der Waals surface area contributed by atoms with Crippen LogP contribution >= 0.6 is 11.6 Å². The Labute approximate surface area is 149 Å². The monoisotopic (exact) mass is 363 g/mol. The van der Waals surface area contributed by atoms with Gasteiger partial charge in [0, 0.05) is 35.7 Å². The molecule has 5 nitrogen and oxygen atoms in total. The first-order chi connectivity index (χ1) is 11.6. The zero-order valence-electron chi connectivity index (χ0n) is 13.3. The molecule has 1 unspecified atom stereocenters. The van der Waals surface area contributed by atoms with Crippen LogP contribution in [0, 0.1) is 0 Å². The van der Waals surface area contributed by atoms with E-state index in [2.05, 4.69) is 15.0 Å². The Morgan fingerprint density at radius 1 is 1.29 bits per heavy atom. The molecule has 1 aliphatic rings. The number of aryl methyl sites for hydroxylation is 1. The number of nitrogens with zero attached hydrogens (tertiary/aromatic N) is 1. The van der Waals surface area contributed by atoms with Crippen LogP contribution in [0.25, 0.3) is 11.1 Å². The number of hydrogen-bond donors (Lipinski definition) is 2. The SMILES string of the molecule is CC[S+]([O-])NCc1cncc(-c2cc(Cl)c3c(c2)CCC(=O)N3)c1. The van der Waals surface area contributed by atoms with E-state index in [0.29, 0.717) is 35.8 Å². The summed E-state index contributed by atoms with van der Waals surface area (Å²) in [7, 11) is 0. The predicted molar refractivity (Wildman–Crippen MR) is 97.2 cm³/mol. The maximum atomic E-state index is 11.5. The Kier molecular flexibility index (Phi) is 5.40. The zero-order chi connectivity index (χ0) is 17.1. The molecule has 126 valence electrons. The van der Waals surface area contributed by atoms with Crippen molar-refractivity contribution in [3.63, 3.8) is 0 Å². The van der Waals surface area contributed by atoms with Gasteiger partial charge in [-0.15, -0.1) is 4.72 Å². The van der Waals surface area contributed by atoms with Crippen LogP contribution in [-0.4, -0.2) is 21.2 Å². The minimum Gasteiger partial charge on any atom is -0.598 e. The number of rotatable bonds is 5. The second-order valence-corrected chi connectivity index (χ2v) is 7.54. The molecule has 2 heterocycles. The van der Waals surface area contributed by atoms with Crippen molar-refractivity contribution in [1.82, 2.24) is 9.71 Å². The van der Waals surface area contributed by atoms with Crippen molar-refractivity contribution in [2.75, 3.05) is 11.1 Å². The Morgan fingerprint density at radius 2 is 2.12 bits per heavy atom. The molecule has 3 rings (SSSR count). The largest absolute Gasteiger partial charge is 0.598 e. The summed E-state index contributed by atoms with van der Waals surface area (Å²) in [5.41, 5.74) is 4.60. The van der Waals surface area contributed by atoms with E-state index in [4.69, 9.17) is 11.6 Å². The molecule has 1 amide bonds. The smallest absolute Gasteiger partial charge is 0.224 e. The van der Waals surface area contributed by atoms with Gasteiger partial charge >= 0.3 is 0 Å². The summed E-state index contributed by atoms with van der Waals surface area (Å²) >= 11 is 5.31. The van der Waals surface area contributed by atoms with Gasteiger partial charge in [-0.25, -0.2) is 0 Å². The van der Waals surface area contributed by atoms with Crippen LogP contribution in [0.15, 0.2) is 30.6 Å². The minimum absolute atomic E-state index is 0.00388. The molecule has 24 heavy (non-hydrogen) atoms. The van der Waals surface area contributed by atoms with Crippen LogP contribution in [0.4, 0.5) is 5.69 Å². The van der Waals surface area contributed by atoms with Crippen molar-refractivity contribution in [3.8, 4) is 11.1 Å².